The number of rotatable bonds is 4. The first-order valence-electron chi connectivity index (χ1n) is 6.45. The molecule has 0 aliphatic rings. The van der Waals surface area contributed by atoms with Gasteiger partial charge in [-0.1, -0.05) is 34.1 Å². The van der Waals surface area contributed by atoms with Gasteiger partial charge < -0.3 is 10.6 Å². The zero-order chi connectivity index (χ0) is 15.2. The monoisotopic (exact) mass is 346 g/mol. The minimum atomic E-state index is -0.171. The Kier molecular flexibility index (Phi) is 5.11. The summed E-state index contributed by atoms with van der Waals surface area (Å²) in [6.45, 7) is 0. The SMILES string of the molecule is CNC(=O)Cc1ccc(NC(=O)c2cccc(Br)c2)cc1. The highest BCUT2D eigenvalue weighted by atomic mass is 79.9. The maximum Gasteiger partial charge on any atom is 0.255 e. The summed E-state index contributed by atoms with van der Waals surface area (Å²) in [6, 6.07) is 14.4. The van der Waals surface area contributed by atoms with E-state index in [4.69, 9.17) is 0 Å². The smallest absolute Gasteiger partial charge is 0.255 e. The first kappa shape index (κ1) is 15.3. The van der Waals surface area contributed by atoms with Crippen LogP contribution >= 0.6 is 15.9 Å². The molecule has 0 fully saturated rings. The molecule has 2 aromatic rings. The molecule has 2 rings (SSSR count). The minimum Gasteiger partial charge on any atom is -0.359 e. The van der Waals surface area contributed by atoms with E-state index in [0.29, 0.717) is 17.7 Å². The van der Waals surface area contributed by atoms with Crippen molar-refractivity contribution in [3.05, 3.63) is 64.1 Å². The lowest BCUT2D eigenvalue weighted by Crippen LogP contribution is -2.19. The number of amides is 2. The first-order chi connectivity index (χ1) is 10.1. The number of hydrogen-bond donors (Lipinski definition) is 2. The molecule has 0 bridgehead atoms. The van der Waals surface area contributed by atoms with Gasteiger partial charge in [0.1, 0.15) is 0 Å². The maximum absolute atomic E-state index is 12.1. The number of likely N-dealkylation sites (N-methyl/N-ethyl adjacent to an activating group) is 1. The van der Waals surface area contributed by atoms with Gasteiger partial charge >= 0.3 is 0 Å². The van der Waals surface area contributed by atoms with E-state index in [1.165, 1.54) is 0 Å². The number of benzene rings is 2. The van der Waals surface area contributed by atoms with Crippen LogP contribution in [0.15, 0.2) is 53.0 Å². The molecule has 0 atom stereocenters. The van der Waals surface area contributed by atoms with E-state index in [-0.39, 0.29) is 11.8 Å². The molecule has 0 aliphatic heterocycles. The number of anilines is 1. The quantitative estimate of drug-likeness (QED) is 0.893. The van der Waals surface area contributed by atoms with Crippen molar-refractivity contribution in [3.8, 4) is 0 Å². The van der Waals surface area contributed by atoms with E-state index in [2.05, 4.69) is 26.6 Å². The van der Waals surface area contributed by atoms with Gasteiger partial charge in [-0.2, -0.15) is 0 Å². The Morgan fingerprint density at radius 3 is 2.43 bits per heavy atom. The van der Waals surface area contributed by atoms with E-state index in [9.17, 15) is 9.59 Å². The van der Waals surface area contributed by atoms with Crippen LogP contribution in [-0.2, 0) is 11.2 Å². The first-order valence-corrected chi connectivity index (χ1v) is 7.24. The van der Waals surface area contributed by atoms with E-state index >= 15 is 0 Å². The van der Waals surface area contributed by atoms with Gasteiger partial charge in [0.15, 0.2) is 0 Å². The molecule has 0 unspecified atom stereocenters. The molecule has 2 N–H and O–H groups in total. The van der Waals surface area contributed by atoms with Crippen LogP contribution in [-0.4, -0.2) is 18.9 Å². The summed E-state index contributed by atoms with van der Waals surface area (Å²) in [7, 11) is 1.61. The zero-order valence-electron chi connectivity index (χ0n) is 11.5. The maximum atomic E-state index is 12.1. The molecule has 0 saturated carbocycles. The molecule has 0 spiro atoms. The summed E-state index contributed by atoms with van der Waals surface area (Å²) in [6.07, 6.45) is 0.330. The third kappa shape index (κ3) is 4.43. The summed E-state index contributed by atoms with van der Waals surface area (Å²) < 4.78 is 0.857. The van der Waals surface area contributed by atoms with Gasteiger partial charge in [-0.3, -0.25) is 9.59 Å². The molecular weight excluding hydrogens is 332 g/mol. The molecular formula is C16H15BrN2O2. The Morgan fingerprint density at radius 1 is 1.10 bits per heavy atom. The molecule has 2 aromatic carbocycles. The van der Waals surface area contributed by atoms with E-state index in [0.717, 1.165) is 10.0 Å². The van der Waals surface area contributed by atoms with Crippen LogP contribution in [0.3, 0.4) is 0 Å². The Labute approximate surface area is 131 Å². The van der Waals surface area contributed by atoms with Crippen LogP contribution < -0.4 is 10.6 Å². The topological polar surface area (TPSA) is 58.2 Å². The van der Waals surface area contributed by atoms with E-state index in [1.807, 2.05) is 24.3 Å². The van der Waals surface area contributed by atoms with Gasteiger partial charge in [0.25, 0.3) is 5.91 Å². The lowest BCUT2D eigenvalue weighted by molar-refractivity contribution is -0.119. The second-order valence-corrected chi connectivity index (χ2v) is 5.43. The van der Waals surface area contributed by atoms with Crippen LogP contribution in [0.1, 0.15) is 15.9 Å². The summed E-state index contributed by atoms with van der Waals surface area (Å²) >= 11 is 3.34. The van der Waals surface area contributed by atoms with Crippen molar-refractivity contribution in [2.75, 3.05) is 12.4 Å². The second kappa shape index (κ2) is 7.04. The number of carbonyl (C=O) groups is 2. The number of hydrogen-bond acceptors (Lipinski definition) is 2. The lowest BCUT2D eigenvalue weighted by Gasteiger charge is -2.07. The third-order valence-electron chi connectivity index (χ3n) is 2.94. The fourth-order valence-corrected chi connectivity index (χ4v) is 2.21. The minimum absolute atomic E-state index is 0.0408. The standard InChI is InChI=1S/C16H15BrN2O2/c1-18-15(20)9-11-5-7-14(8-6-11)19-16(21)12-3-2-4-13(17)10-12/h2-8,10H,9H2,1H3,(H,18,20)(H,19,21). The fourth-order valence-electron chi connectivity index (χ4n) is 1.81. The molecule has 108 valence electrons. The Bertz CT molecular complexity index is 654. The van der Waals surface area contributed by atoms with Crippen molar-refractivity contribution in [1.29, 1.82) is 0 Å². The van der Waals surface area contributed by atoms with Gasteiger partial charge in [-0.05, 0) is 35.9 Å². The molecule has 0 heterocycles. The van der Waals surface area contributed by atoms with Crippen molar-refractivity contribution in [2.24, 2.45) is 0 Å². The van der Waals surface area contributed by atoms with E-state index in [1.54, 1.807) is 31.3 Å². The molecule has 0 radical (unpaired) electrons. The Hall–Kier alpha value is -2.14. The average Bonchev–Trinajstić information content (AvgIpc) is 2.49. The second-order valence-electron chi connectivity index (χ2n) is 4.51. The van der Waals surface area contributed by atoms with Crippen molar-refractivity contribution >= 4 is 33.4 Å². The Morgan fingerprint density at radius 2 is 1.81 bits per heavy atom. The summed E-state index contributed by atoms with van der Waals surface area (Å²) in [4.78, 5) is 23.4. The van der Waals surface area contributed by atoms with Crippen LogP contribution in [0.2, 0.25) is 0 Å². The molecule has 4 nitrogen and oxygen atoms in total. The third-order valence-corrected chi connectivity index (χ3v) is 3.44. The molecule has 0 aromatic heterocycles. The predicted molar refractivity (Wildman–Crippen MR) is 86.3 cm³/mol. The molecule has 5 heteroatoms. The van der Waals surface area contributed by atoms with Crippen LogP contribution in [0, 0.1) is 0 Å². The van der Waals surface area contributed by atoms with Crippen molar-refractivity contribution in [1.82, 2.24) is 5.32 Å². The zero-order valence-corrected chi connectivity index (χ0v) is 13.1. The van der Waals surface area contributed by atoms with Crippen molar-refractivity contribution in [2.45, 2.75) is 6.42 Å². The molecule has 0 saturated heterocycles. The largest absolute Gasteiger partial charge is 0.359 e. The van der Waals surface area contributed by atoms with Gasteiger partial charge in [0.05, 0.1) is 6.42 Å². The number of nitrogens with one attached hydrogen (secondary N) is 2. The van der Waals surface area contributed by atoms with Crippen molar-refractivity contribution < 1.29 is 9.59 Å². The highest BCUT2D eigenvalue weighted by molar-refractivity contribution is 9.10. The normalized spacial score (nSPS) is 10.0. The summed E-state index contributed by atoms with van der Waals surface area (Å²) in [5.41, 5.74) is 2.18. The number of carbonyl (C=O) groups excluding carboxylic acids is 2. The Balaban J connectivity index is 2.03. The average molecular weight is 347 g/mol. The lowest BCUT2D eigenvalue weighted by atomic mass is 10.1. The van der Waals surface area contributed by atoms with Gasteiger partial charge in [-0.25, -0.2) is 0 Å². The van der Waals surface area contributed by atoms with Crippen LogP contribution in [0.4, 0.5) is 5.69 Å². The van der Waals surface area contributed by atoms with Crippen LogP contribution in [0.5, 0.6) is 0 Å². The highest BCUT2D eigenvalue weighted by Crippen LogP contribution is 2.15. The highest BCUT2D eigenvalue weighted by Gasteiger charge is 2.07. The summed E-state index contributed by atoms with van der Waals surface area (Å²) in [5.74, 6) is -0.212. The molecule has 0 aliphatic carbocycles. The predicted octanol–water partition coefficient (Wildman–Crippen LogP) is 2.99. The molecule has 21 heavy (non-hydrogen) atoms. The van der Waals surface area contributed by atoms with Crippen molar-refractivity contribution in [3.63, 3.8) is 0 Å². The van der Waals surface area contributed by atoms with Gasteiger partial charge in [0.2, 0.25) is 5.91 Å². The van der Waals surface area contributed by atoms with Gasteiger partial charge in [-0.15, -0.1) is 0 Å². The number of halogens is 1. The molecule has 2 amide bonds. The summed E-state index contributed by atoms with van der Waals surface area (Å²) in [5, 5.41) is 5.39. The van der Waals surface area contributed by atoms with E-state index < -0.39 is 0 Å². The fraction of sp³-hybridized carbons (Fsp3) is 0.125. The van der Waals surface area contributed by atoms with Gasteiger partial charge in [0, 0.05) is 22.8 Å². The van der Waals surface area contributed by atoms with Crippen LogP contribution in [0.25, 0.3) is 0 Å².